The zero-order chi connectivity index (χ0) is 13.2. The van der Waals surface area contributed by atoms with Gasteiger partial charge in [-0.05, 0) is 12.1 Å². The predicted molar refractivity (Wildman–Crippen MR) is 66.9 cm³/mol. The van der Waals surface area contributed by atoms with Gasteiger partial charge in [0.25, 0.3) is 10.0 Å². The van der Waals surface area contributed by atoms with E-state index in [1.165, 1.54) is 24.5 Å². The molecule has 0 saturated carbocycles. The van der Waals surface area contributed by atoms with Crippen LogP contribution in [0.5, 0.6) is 0 Å². The number of nitrogens with one attached hydrogen (secondary N) is 1. The van der Waals surface area contributed by atoms with Gasteiger partial charge in [0.15, 0.2) is 5.82 Å². The molecular weight excluding hydrogens is 296 g/mol. The van der Waals surface area contributed by atoms with E-state index in [9.17, 15) is 8.42 Å². The molecule has 0 unspecified atom stereocenters. The Bertz CT molecular complexity index is 720. The first kappa shape index (κ1) is 12.8. The van der Waals surface area contributed by atoms with Crippen molar-refractivity contribution in [3.8, 4) is 6.07 Å². The van der Waals surface area contributed by atoms with E-state index in [1.807, 2.05) is 6.07 Å². The number of aromatic nitrogens is 2. The molecule has 92 valence electrons. The van der Waals surface area contributed by atoms with Gasteiger partial charge < -0.3 is 0 Å². The standard InChI is InChI=1S/C9H5ClN4O2S2/c10-7-4-12-5-8(13-7)14-18(15,16)9-2-1-6(3-11)17-9/h1-2,4-5H,(H,13,14). The van der Waals surface area contributed by atoms with Crippen molar-refractivity contribution in [2.75, 3.05) is 4.72 Å². The summed E-state index contributed by atoms with van der Waals surface area (Å²) in [5.41, 5.74) is 0. The molecule has 1 N–H and O–H groups in total. The van der Waals surface area contributed by atoms with Crippen LogP contribution in [-0.2, 0) is 10.0 Å². The van der Waals surface area contributed by atoms with Crippen LogP contribution in [0.25, 0.3) is 0 Å². The Balaban J connectivity index is 2.30. The van der Waals surface area contributed by atoms with Crippen molar-refractivity contribution >= 4 is 38.8 Å². The maximum atomic E-state index is 11.9. The number of nitriles is 1. The molecule has 2 aromatic heterocycles. The minimum absolute atomic E-state index is 0.0226. The Morgan fingerprint density at radius 1 is 1.39 bits per heavy atom. The molecule has 0 radical (unpaired) electrons. The highest BCUT2D eigenvalue weighted by Crippen LogP contribution is 2.22. The molecule has 2 aromatic rings. The second kappa shape index (κ2) is 4.89. The molecule has 0 aliphatic carbocycles. The first-order valence-corrected chi connectivity index (χ1v) is 7.19. The minimum atomic E-state index is -3.76. The third-order valence-corrected chi connectivity index (χ3v) is 4.82. The molecule has 0 bridgehead atoms. The van der Waals surface area contributed by atoms with Crippen LogP contribution in [-0.4, -0.2) is 18.4 Å². The van der Waals surface area contributed by atoms with E-state index in [0.29, 0.717) is 4.88 Å². The molecule has 0 amide bonds. The average Bonchev–Trinajstić information content (AvgIpc) is 2.77. The fourth-order valence-corrected chi connectivity index (χ4v) is 3.34. The van der Waals surface area contributed by atoms with Crippen molar-refractivity contribution in [2.24, 2.45) is 0 Å². The van der Waals surface area contributed by atoms with Crippen LogP contribution in [0.2, 0.25) is 5.15 Å². The Labute approximate surface area is 112 Å². The fraction of sp³-hybridized carbons (Fsp3) is 0. The summed E-state index contributed by atoms with van der Waals surface area (Å²) in [4.78, 5) is 7.79. The van der Waals surface area contributed by atoms with E-state index in [2.05, 4.69) is 14.7 Å². The first-order chi connectivity index (χ1) is 8.51. The summed E-state index contributed by atoms with van der Waals surface area (Å²) in [6.45, 7) is 0. The van der Waals surface area contributed by atoms with Gasteiger partial charge in [0.05, 0.1) is 12.4 Å². The fourth-order valence-electron chi connectivity index (χ4n) is 1.10. The molecule has 0 aromatic carbocycles. The van der Waals surface area contributed by atoms with Crippen LogP contribution in [0, 0.1) is 11.3 Å². The average molecular weight is 301 g/mol. The summed E-state index contributed by atoms with van der Waals surface area (Å²) in [5.74, 6) is 0.0226. The smallest absolute Gasteiger partial charge is 0.261 e. The summed E-state index contributed by atoms with van der Waals surface area (Å²) < 4.78 is 26.1. The summed E-state index contributed by atoms with van der Waals surface area (Å²) in [7, 11) is -3.76. The van der Waals surface area contributed by atoms with Crippen molar-refractivity contribution < 1.29 is 8.42 Å². The second-order valence-electron chi connectivity index (χ2n) is 3.06. The molecule has 2 rings (SSSR count). The summed E-state index contributed by atoms with van der Waals surface area (Å²) in [6, 6.07) is 4.65. The molecule has 18 heavy (non-hydrogen) atoms. The van der Waals surface area contributed by atoms with Crippen molar-refractivity contribution in [1.29, 1.82) is 5.26 Å². The van der Waals surface area contributed by atoms with Crippen LogP contribution in [0.15, 0.2) is 28.7 Å². The molecular formula is C9H5ClN4O2S2. The highest BCUT2D eigenvalue weighted by molar-refractivity contribution is 7.94. The summed E-state index contributed by atoms with van der Waals surface area (Å²) >= 11 is 6.47. The SMILES string of the molecule is N#Cc1ccc(S(=O)(=O)Nc2cncc(Cl)n2)s1. The number of rotatable bonds is 3. The van der Waals surface area contributed by atoms with Gasteiger partial charge in [-0.3, -0.25) is 9.71 Å². The molecule has 0 aliphatic rings. The summed E-state index contributed by atoms with van der Waals surface area (Å²) in [6.07, 6.45) is 2.53. The van der Waals surface area contributed by atoms with Crippen molar-refractivity contribution in [3.63, 3.8) is 0 Å². The topological polar surface area (TPSA) is 95.7 Å². The zero-order valence-electron chi connectivity index (χ0n) is 8.66. The predicted octanol–water partition coefficient (Wildman–Crippen LogP) is 1.86. The van der Waals surface area contributed by atoms with E-state index in [-0.39, 0.29) is 15.2 Å². The van der Waals surface area contributed by atoms with Gasteiger partial charge in [0.1, 0.15) is 20.3 Å². The normalized spacial score (nSPS) is 10.9. The van der Waals surface area contributed by atoms with E-state index < -0.39 is 10.0 Å². The monoisotopic (exact) mass is 300 g/mol. The van der Waals surface area contributed by atoms with Crippen LogP contribution in [0.1, 0.15) is 4.88 Å². The number of sulfonamides is 1. The molecule has 9 heteroatoms. The van der Waals surface area contributed by atoms with Gasteiger partial charge in [-0.2, -0.15) is 5.26 Å². The zero-order valence-corrected chi connectivity index (χ0v) is 11.1. The third-order valence-electron chi connectivity index (χ3n) is 1.80. The Morgan fingerprint density at radius 3 is 2.78 bits per heavy atom. The number of hydrogen-bond acceptors (Lipinski definition) is 6. The van der Waals surface area contributed by atoms with E-state index >= 15 is 0 Å². The van der Waals surface area contributed by atoms with E-state index in [4.69, 9.17) is 16.9 Å². The molecule has 6 nitrogen and oxygen atoms in total. The van der Waals surface area contributed by atoms with Crippen molar-refractivity contribution in [3.05, 3.63) is 34.6 Å². The van der Waals surface area contributed by atoms with Crippen LogP contribution in [0.4, 0.5) is 5.82 Å². The molecule has 2 heterocycles. The lowest BCUT2D eigenvalue weighted by molar-refractivity contribution is 0.603. The van der Waals surface area contributed by atoms with Gasteiger partial charge in [-0.25, -0.2) is 13.4 Å². The maximum Gasteiger partial charge on any atom is 0.272 e. The lowest BCUT2D eigenvalue weighted by Gasteiger charge is -2.04. The van der Waals surface area contributed by atoms with Gasteiger partial charge >= 0.3 is 0 Å². The van der Waals surface area contributed by atoms with Crippen LogP contribution in [0.3, 0.4) is 0 Å². The quantitative estimate of drug-likeness (QED) is 0.933. The van der Waals surface area contributed by atoms with E-state index in [0.717, 1.165) is 11.3 Å². The highest BCUT2D eigenvalue weighted by Gasteiger charge is 2.17. The number of nitrogens with zero attached hydrogens (tertiary/aromatic N) is 3. The lowest BCUT2D eigenvalue weighted by Crippen LogP contribution is -2.12. The van der Waals surface area contributed by atoms with Crippen LogP contribution < -0.4 is 4.72 Å². The molecule has 0 atom stereocenters. The van der Waals surface area contributed by atoms with Crippen molar-refractivity contribution in [1.82, 2.24) is 9.97 Å². The van der Waals surface area contributed by atoms with Gasteiger partial charge in [0, 0.05) is 0 Å². The lowest BCUT2D eigenvalue weighted by atomic mass is 10.5. The van der Waals surface area contributed by atoms with Gasteiger partial charge in [-0.1, -0.05) is 11.6 Å². The molecule has 0 saturated heterocycles. The Hall–Kier alpha value is -1.69. The van der Waals surface area contributed by atoms with Crippen molar-refractivity contribution in [2.45, 2.75) is 4.21 Å². The van der Waals surface area contributed by atoms with Gasteiger partial charge in [0.2, 0.25) is 0 Å². The number of halogens is 1. The Morgan fingerprint density at radius 2 is 2.17 bits per heavy atom. The minimum Gasteiger partial charge on any atom is -0.261 e. The summed E-state index contributed by atoms with van der Waals surface area (Å²) in [5, 5.41) is 8.73. The largest absolute Gasteiger partial charge is 0.272 e. The highest BCUT2D eigenvalue weighted by atomic mass is 35.5. The number of thiophene rings is 1. The number of hydrogen-bond donors (Lipinski definition) is 1. The first-order valence-electron chi connectivity index (χ1n) is 4.51. The second-order valence-corrected chi connectivity index (χ2v) is 6.44. The molecule has 0 spiro atoms. The molecule has 0 fully saturated rings. The van der Waals surface area contributed by atoms with Crippen LogP contribution >= 0.6 is 22.9 Å². The third kappa shape index (κ3) is 2.76. The maximum absolute atomic E-state index is 11.9. The Kier molecular flexibility index (Phi) is 3.47. The number of anilines is 1. The molecule has 0 aliphatic heterocycles. The van der Waals surface area contributed by atoms with Gasteiger partial charge in [-0.15, -0.1) is 11.3 Å². The van der Waals surface area contributed by atoms with E-state index in [1.54, 1.807) is 0 Å².